The second-order valence-electron chi connectivity index (χ2n) is 6.00. The van der Waals surface area contributed by atoms with Crippen LogP contribution in [0.25, 0.3) is 0 Å². The largest absolute Gasteiger partial charge is 0.493 e. The molecule has 0 saturated carbocycles. The van der Waals surface area contributed by atoms with Gasteiger partial charge in [0.15, 0.2) is 23.0 Å². The van der Waals surface area contributed by atoms with E-state index in [0.717, 1.165) is 11.1 Å². The summed E-state index contributed by atoms with van der Waals surface area (Å²) in [7, 11) is 7.85. The van der Waals surface area contributed by atoms with Crippen molar-refractivity contribution in [2.75, 3.05) is 35.5 Å². The molecule has 0 aromatic heterocycles. The summed E-state index contributed by atoms with van der Waals surface area (Å²) in [6, 6.07) is 9.27. The van der Waals surface area contributed by atoms with Crippen molar-refractivity contribution in [2.24, 2.45) is 0 Å². The lowest BCUT2D eigenvalue weighted by atomic mass is 10.1. The summed E-state index contributed by atoms with van der Waals surface area (Å²) in [6.45, 7) is 0.363. The van der Waals surface area contributed by atoms with Crippen molar-refractivity contribution in [3.8, 4) is 28.7 Å². The molecule has 0 aliphatic rings. The first-order valence-electron chi connectivity index (χ1n) is 8.82. The summed E-state index contributed by atoms with van der Waals surface area (Å²) in [6.07, 6.45) is 0.960. The van der Waals surface area contributed by atoms with Gasteiger partial charge in [0.25, 0.3) is 0 Å². The zero-order valence-electron chi connectivity index (χ0n) is 17.0. The molecule has 28 heavy (non-hydrogen) atoms. The van der Waals surface area contributed by atoms with Crippen molar-refractivity contribution in [3.05, 3.63) is 41.5 Å². The van der Waals surface area contributed by atoms with E-state index in [1.54, 1.807) is 35.5 Å². The molecular formula is C21H27NO6. The minimum atomic E-state index is -0.0523. The Morgan fingerprint density at radius 2 is 1.32 bits per heavy atom. The van der Waals surface area contributed by atoms with Gasteiger partial charge in [-0.25, -0.2) is 0 Å². The average Bonchev–Trinajstić information content (AvgIpc) is 2.74. The first-order chi connectivity index (χ1) is 13.6. The summed E-state index contributed by atoms with van der Waals surface area (Å²) >= 11 is 0. The highest BCUT2D eigenvalue weighted by Gasteiger charge is 2.14. The summed E-state index contributed by atoms with van der Waals surface area (Å²) in [4.78, 5) is 12.2. The minimum Gasteiger partial charge on any atom is -0.493 e. The maximum atomic E-state index is 12.2. The Bertz CT molecular complexity index is 780. The van der Waals surface area contributed by atoms with E-state index in [9.17, 15) is 4.79 Å². The number of nitrogens with one attached hydrogen (secondary N) is 1. The van der Waals surface area contributed by atoms with E-state index >= 15 is 0 Å². The maximum Gasteiger partial charge on any atom is 0.220 e. The van der Waals surface area contributed by atoms with Crippen LogP contribution in [-0.4, -0.2) is 41.5 Å². The Labute approximate surface area is 165 Å². The van der Waals surface area contributed by atoms with Crippen LogP contribution in [0, 0.1) is 0 Å². The fraction of sp³-hybridized carbons (Fsp3) is 0.381. The molecule has 7 nitrogen and oxygen atoms in total. The van der Waals surface area contributed by atoms with Crippen LogP contribution in [0.4, 0.5) is 0 Å². The molecule has 0 atom stereocenters. The molecule has 2 aromatic carbocycles. The normalized spacial score (nSPS) is 10.2. The van der Waals surface area contributed by atoms with Gasteiger partial charge in [0.2, 0.25) is 11.7 Å². The van der Waals surface area contributed by atoms with Gasteiger partial charge in [0.1, 0.15) is 0 Å². The number of methoxy groups -OCH3 is 5. The van der Waals surface area contributed by atoms with Crippen molar-refractivity contribution in [1.29, 1.82) is 0 Å². The van der Waals surface area contributed by atoms with Crippen molar-refractivity contribution in [3.63, 3.8) is 0 Å². The molecule has 0 radical (unpaired) electrons. The summed E-state index contributed by atoms with van der Waals surface area (Å²) in [5.74, 6) is 2.89. The van der Waals surface area contributed by atoms with Crippen LogP contribution in [-0.2, 0) is 17.8 Å². The third-order valence-corrected chi connectivity index (χ3v) is 4.30. The van der Waals surface area contributed by atoms with Crippen LogP contribution in [0.15, 0.2) is 30.3 Å². The Balaban J connectivity index is 1.96. The van der Waals surface area contributed by atoms with Crippen LogP contribution in [0.3, 0.4) is 0 Å². The Hall–Kier alpha value is -3.09. The number of rotatable bonds is 10. The highest BCUT2D eigenvalue weighted by Crippen LogP contribution is 2.38. The molecule has 2 aromatic rings. The van der Waals surface area contributed by atoms with Gasteiger partial charge in [-0.3, -0.25) is 4.79 Å². The summed E-state index contributed by atoms with van der Waals surface area (Å²) in [5, 5.41) is 2.91. The molecule has 1 N–H and O–H groups in total. The molecule has 0 saturated heterocycles. The molecule has 1 amide bonds. The topological polar surface area (TPSA) is 75.3 Å². The van der Waals surface area contributed by atoms with Crippen molar-refractivity contribution >= 4 is 5.91 Å². The molecule has 152 valence electrons. The molecule has 0 aliphatic carbocycles. The zero-order chi connectivity index (χ0) is 20.5. The fourth-order valence-corrected chi connectivity index (χ4v) is 2.82. The van der Waals surface area contributed by atoms with Gasteiger partial charge in [0, 0.05) is 13.0 Å². The highest BCUT2D eigenvalue weighted by atomic mass is 16.5. The molecule has 0 heterocycles. The van der Waals surface area contributed by atoms with Crippen molar-refractivity contribution in [2.45, 2.75) is 19.4 Å². The lowest BCUT2D eigenvalue weighted by Crippen LogP contribution is -2.23. The van der Waals surface area contributed by atoms with Crippen LogP contribution < -0.4 is 29.0 Å². The predicted octanol–water partition coefficient (Wildman–Crippen LogP) is 2.98. The second-order valence-corrected chi connectivity index (χ2v) is 6.00. The van der Waals surface area contributed by atoms with E-state index < -0.39 is 0 Å². The summed E-state index contributed by atoms with van der Waals surface area (Å²) < 4.78 is 26.5. The molecule has 7 heteroatoms. The van der Waals surface area contributed by atoms with Gasteiger partial charge >= 0.3 is 0 Å². The van der Waals surface area contributed by atoms with Gasteiger partial charge < -0.3 is 29.0 Å². The van der Waals surface area contributed by atoms with E-state index in [1.807, 2.05) is 30.3 Å². The third kappa shape index (κ3) is 5.22. The number of carbonyl (C=O) groups is 1. The molecule has 0 fully saturated rings. The van der Waals surface area contributed by atoms with Gasteiger partial charge in [-0.15, -0.1) is 0 Å². The zero-order valence-corrected chi connectivity index (χ0v) is 17.0. The summed E-state index contributed by atoms with van der Waals surface area (Å²) in [5.41, 5.74) is 1.86. The maximum absolute atomic E-state index is 12.2. The Morgan fingerprint density at radius 1 is 0.750 bits per heavy atom. The van der Waals surface area contributed by atoms with Gasteiger partial charge in [-0.1, -0.05) is 6.07 Å². The van der Waals surface area contributed by atoms with E-state index in [2.05, 4.69) is 5.32 Å². The number of hydrogen-bond acceptors (Lipinski definition) is 6. The highest BCUT2D eigenvalue weighted by molar-refractivity contribution is 5.76. The SMILES string of the molecule is COc1ccc(CCC(=O)NCc2cc(OC)c(OC)c(OC)c2)cc1OC. The first-order valence-corrected chi connectivity index (χ1v) is 8.82. The molecule has 0 spiro atoms. The number of benzene rings is 2. The number of aryl methyl sites for hydroxylation is 1. The molecular weight excluding hydrogens is 362 g/mol. The van der Waals surface area contributed by atoms with Gasteiger partial charge in [0.05, 0.1) is 35.5 Å². The van der Waals surface area contributed by atoms with E-state index in [-0.39, 0.29) is 5.91 Å². The van der Waals surface area contributed by atoms with Crippen LogP contribution in [0.1, 0.15) is 17.5 Å². The Kier molecular flexibility index (Phi) is 7.80. The molecule has 2 rings (SSSR count). The fourth-order valence-electron chi connectivity index (χ4n) is 2.82. The monoisotopic (exact) mass is 389 g/mol. The van der Waals surface area contributed by atoms with Crippen LogP contribution >= 0.6 is 0 Å². The van der Waals surface area contributed by atoms with Gasteiger partial charge in [-0.05, 0) is 41.8 Å². The molecule has 0 unspecified atom stereocenters. The molecule has 0 bridgehead atoms. The van der Waals surface area contributed by atoms with Crippen molar-refractivity contribution < 1.29 is 28.5 Å². The van der Waals surface area contributed by atoms with Crippen LogP contribution in [0.5, 0.6) is 28.7 Å². The number of ether oxygens (including phenoxy) is 5. The lowest BCUT2D eigenvalue weighted by Gasteiger charge is -2.14. The number of carbonyl (C=O) groups excluding carboxylic acids is 1. The average molecular weight is 389 g/mol. The minimum absolute atomic E-state index is 0.0523. The van der Waals surface area contributed by atoms with E-state index in [0.29, 0.717) is 48.1 Å². The Morgan fingerprint density at radius 3 is 1.86 bits per heavy atom. The van der Waals surface area contributed by atoms with Gasteiger partial charge in [-0.2, -0.15) is 0 Å². The standard InChI is InChI=1S/C21H27NO6/c1-24-16-8-6-14(10-17(16)25-2)7-9-20(23)22-13-15-11-18(26-3)21(28-5)19(12-15)27-4/h6,8,10-12H,7,9,13H2,1-5H3,(H,22,23). The predicted molar refractivity (Wildman–Crippen MR) is 106 cm³/mol. The first kappa shape index (κ1) is 21.2. The number of amides is 1. The quantitative estimate of drug-likeness (QED) is 0.673. The second kappa shape index (κ2) is 10.3. The van der Waals surface area contributed by atoms with E-state index in [4.69, 9.17) is 23.7 Å². The number of hydrogen-bond donors (Lipinski definition) is 1. The van der Waals surface area contributed by atoms with E-state index in [1.165, 1.54) is 0 Å². The smallest absolute Gasteiger partial charge is 0.220 e. The third-order valence-electron chi connectivity index (χ3n) is 4.30. The van der Waals surface area contributed by atoms with Crippen LogP contribution in [0.2, 0.25) is 0 Å². The molecule has 0 aliphatic heterocycles. The lowest BCUT2D eigenvalue weighted by molar-refractivity contribution is -0.121. The van der Waals surface area contributed by atoms with Crippen molar-refractivity contribution in [1.82, 2.24) is 5.32 Å².